The Hall–Kier alpha value is -1.57. The van der Waals surface area contributed by atoms with E-state index in [1.54, 1.807) is 0 Å². The van der Waals surface area contributed by atoms with Crippen molar-refractivity contribution in [3.8, 4) is 0 Å². The maximum Gasteiger partial charge on any atom is 0.254 e. The normalized spacial score (nSPS) is 13.7. The quantitative estimate of drug-likeness (QED) is 0.668. The summed E-state index contributed by atoms with van der Waals surface area (Å²) >= 11 is 0. The van der Waals surface area contributed by atoms with Crippen molar-refractivity contribution in [2.24, 2.45) is 0 Å². The number of hydrogen-bond donors (Lipinski definition) is 0. The zero-order valence-corrected chi connectivity index (χ0v) is 11.8. The molecule has 2 heteroatoms. The lowest BCUT2D eigenvalue weighted by molar-refractivity contribution is 0.0775. The van der Waals surface area contributed by atoms with Gasteiger partial charge in [0.2, 0.25) is 0 Å². The number of carbonyl (C=O) groups excluding carboxylic acids is 1. The lowest BCUT2D eigenvalue weighted by Crippen LogP contribution is -2.24. The molecule has 2 nitrogen and oxygen atoms in total. The van der Waals surface area contributed by atoms with E-state index in [0.717, 1.165) is 36.2 Å². The molecular formula is C17H23NO. The van der Waals surface area contributed by atoms with Crippen molar-refractivity contribution < 1.29 is 4.79 Å². The number of unbranched alkanes of at least 4 members (excludes halogenated alkanes) is 4. The molecule has 1 amide bonds. The monoisotopic (exact) mass is 257 g/mol. The van der Waals surface area contributed by atoms with E-state index in [9.17, 15) is 4.79 Å². The van der Waals surface area contributed by atoms with Gasteiger partial charge in [0.15, 0.2) is 0 Å². The van der Waals surface area contributed by atoms with Crippen LogP contribution in [0.15, 0.2) is 24.8 Å². The van der Waals surface area contributed by atoms with Crippen molar-refractivity contribution in [2.45, 2.75) is 45.6 Å². The summed E-state index contributed by atoms with van der Waals surface area (Å²) in [5.74, 6) is 0.189. The smallest absolute Gasteiger partial charge is 0.254 e. The number of amides is 1. The second kappa shape index (κ2) is 6.55. The standard InChI is InChI=1S/C17H23NO/c1-3-5-6-7-8-12-18-13-16-14(4-2)10-9-11-15(16)17(18)19/h4,9-11H,2-3,5-8,12-13H2,1H3. The van der Waals surface area contributed by atoms with E-state index in [4.69, 9.17) is 0 Å². The van der Waals surface area contributed by atoms with Crippen LogP contribution in [-0.2, 0) is 6.54 Å². The van der Waals surface area contributed by atoms with Crippen molar-refractivity contribution >= 4 is 12.0 Å². The van der Waals surface area contributed by atoms with Gasteiger partial charge in [0, 0.05) is 18.7 Å². The predicted octanol–water partition coefficient (Wildman–Crippen LogP) is 4.26. The summed E-state index contributed by atoms with van der Waals surface area (Å²) < 4.78 is 0. The summed E-state index contributed by atoms with van der Waals surface area (Å²) in [6, 6.07) is 5.91. The fourth-order valence-corrected chi connectivity index (χ4v) is 2.69. The minimum Gasteiger partial charge on any atom is -0.334 e. The molecule has 1 heterocycles. The van der Waals surface area contributed by atoms with Crippen LogP contribution in [0.3, 0.4) is 0 Å². The Morgan fingerprint density at radius 2 is 2.05 bits per heavy atom. The first-order valence-corrected chi connectivity index (χ1v) is 7.31. The molecule has 0 saturated heterocycles. The van der Waals surface area contributed by atoms with Gasteiger partial charge in [-0.1, -0.05) is 57.4 Å². The van der Waals surface area contributed by atoms with Crippen LogP contribution in [0, 0.1) is 0 Å². The van der Waals surface area contributed by atoms with Crippen LogP contribution in [0.5, 0.6) is 0 Å². The Bertz CT molecular complexity index is 464. The first-order chi connectivity index (χ1) is 9.27. The lowest BCUT2D eigenvalue weighted by atomic mass is 10.0. The molecule has 102 valence electrons. The van der Waals surface area contributed by atoms with Gasteiger partial charge in [-0.3, -0.25) is 4.79 Å². The number of rotatable bonds is 7. The van der Waals surface area contributed by atoms with E-state index in [-0.39, 0.29) is 5.91 Å². The van der Waals surface area contributed by atoms with Crippen LogP contribution in [0.2, 0.25) is 0 Å². The molecule has 0 saturated carbocycles. The molecule has 1 aliphatic rings. The van der Waals surface area contributed by atoms with Gasteiger partial charge in [0.1, 0.15) is 0 Å². The fraction of sp³-hybridized carbons (Fsp3) is 0.471. The largest absolute Gasteiger partial charge is 0.334 e. The number of nitrogens with zero attached hydrogens (tertiary/aromatic N) is 1. The SMILES string of the molecule is C=Cc1cccc2c1CN(CCCCCCC)C2=O. The zero-order chi connectivity index (χ0) is 13.7. The average Bonchev–Trinajstić information content (AvgIpc) is 2.76. The van der Waals surface area contributed by atoms with Gasteiger partial charge >= 0.3 is 0 Å². The van der Waals surface area contributed by atoms with Crippen LogP contribution in [0.4, 0.5) is 0 Å². The maximum absolute atomic E-state index is 12.3. The summed E-state index contributed by atoms with van der Waals surface area (Å²) in [7, 11) is 0. The van der Waals surface area contributed by atoms with E-state index >= 15 is 0 Å². The molecule has 0 radical (unpaired) electrons. The Morgan fingerprint density at radius 3 is 2.79 bits per heavy atom. The van der Waals surface area contributed by atoms with Crippen molar-refractivity contribution in [2.75, 3.05) is 6.54 Å². The molecule has 0 aromatic heterocycles. The van der Waals surface area contributed by atoms with Gasteiger partial charge in [0.05, 0.1) is 0 Å². The second-order valence-electron chi connectivity index (χ2n) is 5.22. The molecule has 2 rings (SSSR count). The van der Waals surface area contributed by atoms with Crippen LogP contribution in [0.1, 0.15) is 60.5 Å². The topological polar surface area (TPSA) is 20.3 Å². The Balaban J connectivity index is 1.93. The number of benzene rings is 1. The molecule has 0 aliphatic carbocycles. The van der Waals surface area contributed by atoms with E-state index in [0.29, 0.717) is 0 Å². The second-order valence-corrected chi connectivity index (χ2v) is 5.22. The highest BCUT2D eigenvalue weighted by Crippen LogP contribution is 2.26. The number of carbonyl (C=O) groups is 1. The minimum absolute atomic E-state index is 0.189. The Labute approximate surface area is 116 Å². The predicted molar refractivity (Wildman–Crippen MR) is 80.0 cm³/mol. The molecular weight excluding hydrogens is 234 g/mol. The van der Waals surface area contributed by atoms with E-state index < -0.39 is 0 Å². The highest BCUT2D eigenvalue weighted by Gasteiger charge is 2.27. The van der Waals surface area contributed by atoms with Gasteiger partial charge in [-0.25, -0.2) is 0 Å². The van der Waals surface area contributed by atoms with Crippen LogP contribution < -0.4 is 0 Å². The molecule has 0 spiro atoms. The van der Waals surface area contributed by atoms with Gasteiger partial charge in [-0.05, 0) is 23.6 Å². The third kappa shape index (κ3) is 3.06. The number of fused-ring (bicyclic) bond motifs is 1. The molecule has 1 aliphatic heterocycles. The summed E-state index contributed by atoms with van der Waals surface area (Å²) in [6.45, 7) is 7.68. The molecule has 1 aromatic rings. The summed E-state index contributed by atoms with van der Waals surface area (Å²) in [4.78, 5) is 14.3. The van der Waals surface area contributed by atoms with Crippen molar-refractivity contribution in [1.29, 1.82) is 0 Å². The number of hydrogen-bond acceptors (Lipinski definition) is 1. The van der Waals surface area contributed by atoms with Gasteiger partial charge in [-0.15, -0.1) is 0 Å². The Morgan fingerprint density at radius 1 is 1.26 bits per heavy atom. The van der Waals surface area contributed by atoms with Crippen molar-refractivity contribution in [3.63, 3.8) is 0 Å². The zero-order valence-electron chi connectivity index (χ0n) is 11.8. The third-order valence-electron chi connectivity index (χ3n) is 3.83. The maximum atomic E-state index is 12.3. The first-order valence-electron chi connectivity index (χ1n) is 7.31. The average molecular weight is 257 g/mol. The van der Waals surface area contributed by atoms with Crippen LogP contribution in [-0.4, -0.2) is 17.4 Å². The lowest BCUT2D eigenvalue weighted by Gasteiger charge is -2.15. The van der Waals surface area contributed by atoms with E-state index in [1.165, 1.54) is 25.7 Å². The molecule has 0 atom stereocenters. The van der Waals surface area contributed by atoms with Crippen LogP contribution >= 0.6 is 0 Å². The summed E-state index contributed by atoms with van der Waals surface area (Å²) in [5, 5.41) is 0. The molecule has 0 fully saturated rings. The van der Waals surface area contributed by atoms with Crippen molar-refractivity contribution in [3.05, 3.63) is 41.5 Å². The third-order valence-corrected chi connectivity index (χ3v) is 3.83. The van der Waals surface area contributed by atoms with Gasteiger partial charge in [-0.2, -0.15) is 0 Å². The Kier molecular flexibility index (Phi) is 4.78. The first kappa shape index (κ1) is 13.9. The highest BCUT2D eigenvalue weighted by atomic mass is 16.2. The summed E-state index contributed by atoms with van der Waals surface area (Å²) in [5.41, 5.74) is 3.11. The molecule has 0 unspecified atom stereocenters. The summed E-state index contributed by atoms with van der Waals surface area (Å²) in [6.07, 6.45) is 8.03. The molecule has 19 heavy (non-hydrogen) atoms. The molecule has 1 aromatic carbocycles. The van der Waals surface area contributed by atoms with Crippen LogP contribution in [0.25, 0.3) is 6.08 Å². The minimum atomic E-state index is 0.189. The van der Waals surface area contributed by atoms with Crippen molar-refractivity contribution in [1.82, 2.24) is 4.90 Å². The molecule has 0 bridgehead atoms. The van der Waals surface area contributed by atoms with E-state index in [2.05, 4.69) is 13.5 Å². The fourth-order valence-electron chi connectivity index (χ4n) is 2.69. The van der Waals surface area contributed by atoms with Gasteiger partial charge < -0.3 is 4.90 Å². The highest BCUT2D eigenvalue weighted by molar-refractivity contribution is 5.99. The molecule has 0 N–H and O–H groups in total. The van der Waals surface area contributed by atoms with Gasteiger partial charge in [0.25, 0.3) is 5.91 Å². The van der Waals surface area contributed by atoms with E-state index in [1.807, 2.05) is 29.2 Å².